The quantitative estimate of drug-likeness (QED) is 0.746. The van der Waals surface area contributed by atoms with Crippen LogP contribution in [0, 0.1) is 13.8 Å². The Hall–Kier alpha value is -3.09. The van der Waals surface area contributed by atoms with E-state index in [0.29, 0.717) is 22.5 Å². The summed E-state index contributed by atoms with van der Waals surface area (Å²) in [6.45, 7) is 6.81. The van der Waals surface area contributed by atoms with Gasteiger partial charge in [0.05, 0.1) is 30.2 Å². The van der Waals surface area contributed by atoms with Gasteiger partial charge in [-0.25, -0.2) is 9.59 Å². The lowest BCUT2D eigenvalue weighted by atomic mass is 10.0. The van der Waals surface area contributed by atoms with Crippen LogP contribution in [0.3, 0.4) is 0 Å². The molecule has 0 bridgehead atoms. The maximum atomic E-state index is 12.0. The van der Waals surface area contributed by atoms with Crippen LogP contribution in [0.2, 0.25) is 0 Å². The van der Waals surface area contributed by atoms with Crippen molar-refractivity contribution in [3.63, 3.8) is 0 Å². The van der Waals surface area contributed by atoms with Crippen LogP contribution in [0.4, 0.5) is 9.59 Å². The van der Waals surface area contributed by atoms with Gasteiger partial charge >= 0.3 is 12.3 Å². The number of rotatable bonds is 4. The third-order valence-electron chi connectivity index (χ3n) is 3.38. The van der Waals surface area contributed by atoms with Gasteiger partial charge in [-0.3, -0.25) is 4.98 Å². The van der Waals surface area contributed by atoms with E-state index in [2.05, 4.69) is 9.72 Å². The first-order valence-corrected chi connectivity index (χ1v) is 8.04. The van der Waals surface area contributed by atoms with Crippen LogP contribution in [0.25, 0.3) is 11.1 Å². The molecular weight excluding hydrogens is 338 g/mol. The van der Waals surface area contributed by atoms with Crippen molar-refractivity contribution < 1.29 is 28.5 Å². The number of nitrogens with zero attached hydrogens (tertiary/aromatic N) is 1. The van der Waals surface area contributed by atoms with Crippen LogP contribution in [0.15, 0.2) is 30.3 Å². The van der Waals surface area contributed by atoms with E-state index in [-0.39, 0.29) is 17.6 Å². The molecule has 0 aliphatic heterocycles. The van der Waals surface area contributed by atoms with Crippen molar-refractivity contribution in [2.24, 2.45) is 0 Å². The lowest BCUT2D eigenvalue weighted by Crippen LogP contribution is -2.18. The second kappa shape index (κ2) is 8.33. The number of carbonyl (C=O) groups excluding carboxylic acids is 2. The van der Waals surface area contributed by atoms with Crippen LogP contribution >= 0.6 is 0 Å². The first-order valence-electron chi connectivity index (χ1n) is 8.04. The van der Waals surface area contributed by atoms with Crippen molar-refractivity contribution in [2.75, 3.05) is 7.11 Å². The van der Waals surface area contributed by atoms with Crippen LogP contribution in [0.1, 0.15) is 25.2 Å². The van der Waals surface area contributed by atoms with Crippen molar-refractivity contribution in [2.45, 2.75) is 33.8 Å². The van der Waals surface area contributed by atoms with Crippen molar-refractivity contribution in [1.82, 2.24) is 4.98 Å². The number of aromatic nitrogens is 1. The van der Waals surface area contributed by atoms with E-state index in [1.54, 1.807) is 39.8 Å². The lowest BCUT2D eigenvalue weighted by Gasteiger charge is -2.18. The van der Waals surface area contributed by atoms with Crippen molar-refractivity contribution in [3.05, 3.63) is 41.7 Å². The molecule has 0 unspecified atom stereocenters. The van der Waals surface area contributed by atoms with Gasteiger partial charge in [0, 0.05) is 0 Å². The van der Waals surface area contributed by atoms with Gasteiger partial charge in [0.2, 0.25) is 0 Å². The number of ether oxygens (including phenoxy) is 4. The van der Waals surface area contributed by atoms with Gasteiger partial charge in [0.1, 0.15) is 0 Å². The predicted octanol–water partition coefficient (Wildman–Crippen LogP) is 4.43. The van der Waals surface area contributed by atoms with Gasteiger partial charge in [-0.2, -0.15) is 0 Å². The summed E-state index contributed by atoms with van der Waals surface area (Å²) < 4.78 is 20.3. The lowest BCUT2D eigenvalue weighted by molar-refractivity contribution is 0.0726. The van der Waals surface area contributed by atoms with Gasteiger partial charge in [-0.05, 0) is 33.3 Å². The van der Waals surface area contributed by atoms with E-state index in [4.69, 9.17) is 14.2 Å². The zero-order chi connectivity index (χ0) is 19.3. The summed E-state index contributed by atoms with van der Waals surface area (Å²) in [5, 5.41) is 0. The third kappa shape index (κ3) is 4.50. The van der Waals surface area contributed by atoms with Crippen molar-refractivity contribution in [3.8, 4) is 22.6 Å². The molecule has 1 aromatic carbocycles. The maximum Gasteiger partial charge on any atom is 0.514 e. The van der Waals surface area contributed by atoms with Crippen LogP contribution in [-0.2, 0) is 9.47 Å². The molecule has 0 fully saturated rings. The van der Waals surface area contributed by atoms with E-state index in [1.165, 1.54) is 7.11 Å². The number of carbonyl (C=O) groups is 2. The Morgan fingerprint density at radius 2 is 1.46 bits per heavy atom. The zero-order valence-corrected chi connectivity index (χ0v) is 15.4. The number of pyridine rings is 1. The molecular formula is C19H21NO6. The summed E-state index contributed by atoms with van der Waals surface area (Å²) in [5.74, 6) is 0.312. The Labute approximate surface area is 151 Å². The molecule has 0 aliphatic carbocycles. The Morgan fingerprint density at radius 3 is 1.96 bits per heavy atom. The molecule has 0 radical (unpaired) electrons. The summed E-state index contributed by atoms with van der Waals surface area (Å²) in [6.07, 6.45) is -2.10. The Balaban J connectivity index is 2.63. The molecule has 0 saturated heterocycles. The Morgan fingerprint density at radius 1 is 0.923 bits per heavy atom. The highest BCUT2D eigenvalue weighted by molar-refractivity contribution is 5.83. The van der Waals surface area contributed by atoms with E-state index in [1.807, 2.05) is 18.2 Å². The molecule has 0 N–H and O–H groups in total. The van der Waals surface area contributed by atoms with Gasteiger partial charge in [-0.15, -0.1) is 0 Å². The second-order valence-electron chi connectivity index (χ2n) is 5.76. The molecule has 7 heteroatoms. The monoisotopic (exact) mass is 359 g/mol. The summed E-state index contributed by atoms with van der Waals surface area (Å²) in [6, 6.07) is 9.09. The molecule has 26 heavy (non-hydrogen) atoms. The Kier molecular flexibility index (Phi) is 6.16. The topological polar surface area (TPSA) is 84.0 Å². The molecule has 138 valence electrons. The molecule has 1 heterocycles. The molecule has 1 aromatic heterocycles. The largest absolute Gasteiger partial charge is 0.514 e. The van der Waals surface area contributed by atoms with E-state index in [9.17, 15) is 9.59 Å². The van der Waals surface area contributed by atoms with Crippen molar-refractivity contribution in [1.29, 1.82) is 0 Å². The smallest absolute Gasteiger partial charge is 0.437 e. The van der Waals surface area contributed by atoms with Gasteiger partial charge in [-0.1, -0.05) is 30.3 Å². The standard InChI is InChI=1S/C19H21NO6/c1-11(2)24-19(22)26-17-13(4)20-12(3)16(25-18(21)23-5)15(17)14-9-7-6-8-10-14/h6-11H,1-5H3. The third-order valence-corrected chi connectivity index (χ3v) is 3.38. The number of aryl methyl sites for hydroxylation is 2. The van der Waals surface area contributed by atoms with Gasteiger partial charge < -0.3 is 18.9 Å². The highest BCUT2D eigenvalue weighted by Crippen LogP contribution is 2.42. The summed E-state index contributed by atoms with van der Waals surface area (Å²) >= 11 is 0. The van der Waals surface area contributed by atoms with E-state index >= 15 is 0 Å². The molecule has 2 rings (SSSR count). The zero-order valence-electron chi connectivity index (χ0n) is 15.4. The van der Waals surface area contributed by atoms with Crippen LogP contribution in [-0.4, -0.2) is 30.5 Å². The van der Waals surface area contributed by atoms with E-state index < -0.39 is 12.3 Å². The first kappa shape index (κ1) is 19.2. The number of methoxy groups -OCH3 is 1. The summed E-state index contributed by atoms with van der Waals surface area (Å²) in [7, 11) is 1.21. The van der Waals surface area contributed by atoms with Gasteiger partial charge in [0.15, 0.2) is 11.5 Å². The molecule has 0 amide bonds. The maximum absolute atomic E-state index is 12.0. The predicted molar refractivity (Wildman–Crippen MR) is 94.4 cm³/mol. The average Bonchev–Trinajstić information content (AvgIpc) is 2.59. The average molecular weight is 359 g/mol. The second-order valence-corrected chi connectivity index (χ2v) is 5.76. The van der Waals surface area contributed by atoms with Crippen molar-refractivity contribution >= 4 is 12.3 Å². The minimum Gasteiger partial charge on any atom is -0.437 e. The molecule has 7 nitrogen and oxygen atoms in total. The first-order chi connectivity index (χ1) is 12.3. The normalized spacial score (nSPS) is 10.4. The van der Waals surface area contributed by atoms with Crippen LogP contribution < -0.4 is 9.47 Å². The molecule has 2 aromatic rings. The fourth-order valence-electron chi connectivity index (χ4n) is 2.36. The fraction of sp³-hybridized carbons (Fsp3) is 0.316. The molecule has 0 atom stereocenters. The number of benzene rings is 1. The number of hydrogen-bond acceptors (Lipinski definition) is 7. The summed E-state index contributed by atoms with van der Waals surface area (Å²) in [4.78, 5) is 28.0. The molecule has 0 saturated carbocycles. The Bertz CT molecular complexity index is 801. The molecule has 0 spiro atoms. The fourth-order valence-corrected chi connectivity index (χ4v) is 2.36. The highest BCUT2D eigenvalue weighted by atomic mass is 16.7. The number of hydrogen-bond donors (Lipinski definition) is 0. The van der Waals surface area contributed by atoms with Crippen LogP contribution in [0.5, 0.6) is 11.5 Å². The SMILES string of the molecule is COC(=O)Oc1c(C)nc(C)c(OC(=O)OC(C)C)c1-c1ccccc1. The van der Waals surface area contributed by atoms with Gasteiger partial charge in [0.25, 0.3) is 0 Å². The minimum atomic E-state index is -0.897. The summed E-state index contributed by atoms with van der Waals surface area (Å²) in [5.41, 5.74) is 2.02. The molecule has 0 aliphatic rings. The minimum absolute atomic E-state index is 0.154. The highest BCUT2D eigenvalue weighted by Gasteiger charge is 2.25. The van der Waals surface area contributed by atoms with E-state index in [0.717, 1.165) is 0 Å².